The third kappa shape index (κ3) is 13.6. The fourth-order valence-electron chi connectivity index (χ4n) is 2.08. The molecule has 0 aromatic carbocycles. The van der Waals surface area contributed by atoms with Crippen molar-refractivity contribution in [2.24, 2.45) is 0 Å². The van der Waals surface area contributed by atoms with Crippen LogP contribution in [0.3, 0.4) is 0 Å². The molecule has 1 unspecified atom stereocenters. The van der Waals surface area contributed by atoms with Gasteiger partial charge < -0.3 is 9.66 Å². The summed E-state index contributed by atoms with van der Waals surface area (Å²) in [4.78, 5) is 0. The quantitative estimate of drug-likeness (QED) is 0.308. The van der Waals surface area contributed by atoms with Gasteiger partial charge in [-0.1, -0.05) is 51.9 Å². The molecule has 0 aliphatic heterocycles. The molecule has 0 saturated carbocycles. The molecule has 1 atom stereocenters. The van der Waals surface area contributed by atoms with Gasteiger partial charge in [-0.2, -0.15) is 0 Å². The van der Waals surface area contributed by atoms with E-state index in [1.54, 1.807) is 0 Å². The number of unbranched alkanes of at least 4 members (excludes halogenated alkanes) is 6. The van der Waals surface area contributed by atoms with Crippen LogP contribution in [-0.2, 0) is 10.1 Å². The Balaban J connectivity index is 0. The zero-order valence-electron chi connectivity index (χ0n) is 12.4. The zero-order chi connectivity index (χ0) is 13.9. The Morgan fingerprint density at radius 3 is 1.89 bits per heavy atom. The topological polar surface area (TPSA) is 77.4 Å². The van der Waals surface area contributed by atoms with Crippen LogP contribution in [0, 0.1) is 0 Å². The van der Waals surface area contributed by atoms with Crippen molar-refractivity contribution in [3.05, 3.63) is 0 Å². The van der Waals surface area contributed by atoms with E-state index in [9.17, 15) is 13.0 Å². The summed E-state index contributed by atoms with van der Waals surface area (Å²) in [6.45, 7) is 2.12. The third-order valence-corrected chi connectivity index (χ3v) is 4.51. The predicted molar refractivity (Wildman–Crippen MR) is 72.4 cm³/mol. The van der Waals surface area contributed by atoms with Crippen molar-refractivity contribution in [3.63, 3.8) is 0 Å². The average Bonchev–Trinajstić information content (AvgIpc) is 2.30. The van der Waals surface area contributed by atoms with Crippen LogP contribution in [0.1, 0.15) is 71.1 Å². The van der Waals surface area contributed by atoms with Crippen molar-refractivity contribution in [3.8, 4) is 0 Å². The molecule has 0 aliphatic carbocycles. The summed E-state index contributed by atoms with van der Waals surface area (Å²) < 4.78 is 33.0. The molecule has 0 amide bonds. The molecular formula is C13H27NaO4S. The predicted octanol–water partition coefficient (Wildman–Crippen LogP) is -0.183. The molecule has 0 fully saturated rings. The molecule has 19 heavy (non-hydrogen) atoms. The van der Waals surface area contributed by atoms with Gasteiger partial charge in [0.15, 0.2) is 0 Å². The first-order valence-electron chi connectivity index (χ1n) is 7.08. The first-order valence-corrected chi connectivity index (χ1v) is 8.55. The largest absolute Gasteiger partial charge is 1.00 e. The first kappa shape index (κ1) is 22.2. The average molecular weight is 302 g/mol. The molecule has 4 nitrogen and oxygen atoms in total. The van der Waals surface area contributed by atoms with Crippen LogP contribution in [0.5, 0.6) is 0 Å². The second-order valence-corrected chi connectivity index (χ2v) is 6.54. The van der Waals surface area contributed by atoms with Crippen LogP contribution in [0.2, 0.25) is 0 Å². The van der Waals surface area contributed by atoms with Gasteiger partial charge in [-0.3, -0.25) is 0 Å². The molecule has 0 bridgehead atoms. The van der Waals surface area contributed by atoms with Crippen LogP contribution >= 0.6 is 0 Å². The van der Waals surface area contributed by atoms with E-state index in [-0.39, 0.29) is 42.6 Å². The fraction of sp³-hybridized carbons (Fsp3) is 1.00. The van der Waals surface area contributed by atoms with E-state index in [0.717, 1.165) is 19.3 Å². The molecule has 0 aromatic rings. The van der Waals surface area contributed by atoms with Gasteiger partial charge in [0, 0.05) is 11.9 Å². The number of aliphatic hydroxyl groups is 1. The Bertz CT molecular complexity index is 280. The summed E-state index contributed by atoms with van der Waals surface area (Å²) >= 11 is 0. The van der Waals surface area contributed by atoms with E-state index in [1.807, 2.05) is 0 Å². The van der Waals surface area contributed by atoms with Gasteiger partial charge >= 0.3 is 29.6 Å². The Hall–Kier alpha value is 0.870. The Labute approximate surface area is 140 Å². The van der Waals surface area contributed by atoms with Crippen LogP contribution in [0.4, 0.5) is 0 Å². The number of hydrogen-bond donors (Lipinski definition) is 1. The van der Waals surface area contributed by atoms with Crippen LogP contribution in [0.15, 0.2) is 0 Å². The molecule has 0 aromatic heterocycles. The van der Waals surface area contributed by atoms with Crippen molar-refractivity contribution < 1.29 is 47.6 Å². The molecule has 0 heterocycles. The molecule has 1 N–H and O–H groups in total. The number of rotatable bonds is 12. The van der Waals surface area contributed by atoms with Gasteiger partial charge in [0.1, 0.15) is 0 Å². The molecule has 110 valence electrons. The van der Waals surface area contributed by atoms with Gasteiger partial charge in [0.05, 0.1) is 10.1 Å². The second kappa shape index (κ2) is 13.8. The molecule has 0 saturated heterocycles. The van der Waals surface area contributed by atoms with Gasteiger partial charge in [0.2, 0.25) is 0 Å². The maximum atomic E-state index is 11.0. The summed E-state index contributed by atoms with van der Waals surface area (Å²) in [6.07, 6.45) is 8.94. The first-order chi connectivity index (χ1) is 8.52. The summed E-state index contributed by atoms with van der Waals surface area (Å²) in [6, 6.07) is 0. The molecule has 0 spiro atoms. The van der Waals surface area contributed by atoms with Crippen LogP contribution in [0.25, 0.3) is 0 Å². The summed E-state index contributed by atoms with van der Waals surface area (Å²) in [5.41, 5.74) is 0. The second-order valence-electron chi connectivity index (χ2n) is 4.89. The summed E-state index contributed by atoms with van der Waals surface area (Å²) in [5, 5.41) is 7.87. The van der Waals surface area contributed by atoms with Crippen molar-refractivity contribution in [2.45, 2.75) is 76.4 Å². The van der Waals surface area contributed by atoms with Gasteiger partial charge in [-0.05, 0) is 19.3 Å². The van der Waals surface area contributed by atoms with Gasteiger partial charge in [-0.15, -0.1) is 0 Å². The molecular weight excluding hydrogens is 275 g/mol. The van der Waals surface area contributed by atoms with Crippen molar-refractivity contribution >= 4 is 10.1 Å². The maximum Gasteiger partial charge on any atom is 1.00 e. The minimum absolute atomic E-state index is 0. The maximum absolute atomic E-state index is 11.0. The van der Waals surface area contributed by atoms with E-state index in [2.05, 4.69) is 6.92 Å². The van der Waals surface area contributed by atoms with Gasteiger partial charge in [0.25, 0.3) is 0 Å². The Kier molecular flexibility index (Phi) is 16.1. The molecule has 0 radical (unpaired) electrons. The summed E-state index contributed by atoms with van der Waals surface area (Å²) in [7, 11) is -4.20. The molecule has 6 heteroatoms. The SMILES string of the molecule is CCCCCCCCCC(CCCO)S(=O)(=O)[O-].[Na+]. The standard InChI is InChI=1S/C13H28O4S.Na/c1-2-3-4-5-6-7-8-10-13(11-9-12-14)18(15,16)17;/h13-14H,2-12H2,1H3,(H,15,16,17);/q;+1/p-1. The van der Waals surface area contributed by atoms with E-state index in [0.29, 0.717) is 12.8 Å². The Morgan fingerprint density at radius 2 is 1.42 bits per heavy atom. The molecule has 0 rings (SSSR count). The zero-order valence-corrected chi connectivity index (χ0v) is 15.3. The smallest absolute Gasteiger partial charge is 0.748 e. The van der Waals surface area contributed by atoms with Crippen molar-refractivity contribution in [1.82, 2.24) is 0 Å². The van der Waals surface area contributed by atoms with Crippen molar-refractivity contribution in [1.29, 1.82) is 0 Å². The van der Waals surface area contributed by atoms with E-state index in [4.69, 9.17) is 5.11 Å². The summed E-state index contributed by atoms with van der Waals surface area (Å²) in [5.74, 6) is 0. The minimum atomic E-state index is -4.20. The minimum Gasteiger partial charge on any atom is -0.748 e. The normalized spacial score (nSPS) is 13.0. The van der Waals surface area contributed by atoms with Crippen LogP contribution in [-0.4, -0.2) is 29.9 Å². The fourth-order valence-corrected chi connectivity index (χ4v) is 2.99. The van der Waals surface area contributed by atoms with Crippen molar-refractivity contribution in [2.75, 3.05) is 6.61 Å². The van der Waals surface area contributed by atoms with Crippen LogP contribution < -0.4 is 29.6 Å². The monoisotopic (exact) mass is 302 g/mol. The van der Waals surface area contributed by atoms with E-state index >= 15 is 0 Å². The van der Waals surface area contributed by atoms with Gasteiger partial charge in [-0.25, -0.2) is 8.42 Å². The van der Waals surface area contributed by atoms with E-state index < -0.39 is 15.4 Å². The number of aliphatic hydroxyl groups excluding tert-OH is 1. The molecule has 0 aliphatic rings. The Morgan fingerprint density at radius 1 is 0.947 bits per heavy atom. The number of hydrogen-bond acceptors (Lipinski definition) is 4. The van der Waals surface area contributed by atoms with E-state index in [1.165, 1.54) is 25.7 Å². The third-order valence-electron chi connectivity index (χ3n) is 3.22.